The molecule has 3 aromatic rings. The van der Waals surface area contributed by atoms with Crippen LogP contribution in [0.25, 0.3) is 17.2 Å². The molecule has 136 valence electrons. The van der Waals surface area contributed by atoms with Crippen LogP contribution in [0.1, 0.15) is 12.5 Å². The number of ether oxygens (including phenoxy) is 1. The molecular formula is C22H19NO3S. The summed E-state index contributed by atoms with van der Waals surface area (Å²) in [6.07, 6.45) is 2.08. The third-order valence-electron chi connectivity index (χ3n) is 3.89. The zero-order valence-corrected chi connectivity index (χ0v) is 15.6. The second-order valence-electron chi connectivity index (χ2n) is 5.87. The lowest BCUT2D eigenvalue weighted by Gasteiger charge is -2.15. The lowest BCUT2D eigenvalue weighted by Crippen LogP contribution is -2.29. The van der Waals surface area contributed by atoms with Crippen LogP contribution in [0.3, 0.4) is 0 Å². The first-order valence-corrected chi connectivity index (χ1v) is 9.44. The van der Waals surface area contributed by atoms with Gasteiger partial charge in [0.05, 0.1) is 0 Å². The quantitative estimate of drug-likeness (QED) is 0.486. The zero-order valence-electron chi connectivity index (χ0n) is 14.8. The van der Waals surface area contributed by atoms with Gasteiger partial charge < -0.3 is 10.1 Å². The van der Waals surface area contributed by atoms with Crippen LogP contribution in [0, 0.1) is 0 Å². The topological polar surface area (TPSA) is 55.4 Å². The SMILES string of the molecule is C[C@@H](OC(=O)/C=C/c1ccsc1)C(=O)Nc1ccccc1-c1ccccc1. The van der Waals surface area contributed by atoms with Crippen molar-refractivity contribution in [2.75, 3.05) is 5.32 Å². The number of para-hydroxylation sites is 1. The van der Waals surface area contributed by atoms with E-state index in [0.717, 1.165) is 16.7 Å². The standard InChI is InChI=1S/C22H19NO3S/c1-16(26-21(24)12-11-17-13-14-27-15-17)22(25)23-20-10-6-5-9-19(20)18-7-3-2-4-8-18/h2-16H,1H3,(H,23,25)/b12-11+/t16-/m1/s1. The number of amides is 1. The Bertz CT molecular complexity index is 933. The van der Waals surface area contributed by atoms with Gasteiger partial charge in [-0.3, -0.25) is 4.79 Å². The van der Waals surface area contributed by atoms with Gasteiger partial charge in [0.25, 0.3) is 5.91 Å². The van der Waals surface area contributed by atoms with Crippen LogP contribution >= 0.6 is 11.3 Å². The van der Waals surface area contributed by atoms with Gasteiger partial charge in [-0.2, -0.15) is 11.3 Å². The minimum atomic E-state index is -0.909. The molecule has 0 aliphatic rings. The molecule has 0 saturated heterocycles. The van der Waals surface area contributed by atoms with Crippen LogP contribution in [0.4, 0.5) is 5.69 Å². The maximum absolute atomic E-state index is 12.5. The molecule has 1 atom stereocenters. The lowest BCUT2D eigenvalue weighted by atomic mass is 10.0. The van der Waals surface area contributed by atoms with Crippen molar-refractivity contribution in [1.82, 2.24) is 0 Å². The fraction of sp³-hybridized carbons (Fsp3) is 0.0909. The van der Waals surface area contributed by atoms with E-state index >= 15 is 0 Å². The molecule has 27 heavy (non-hydrogen) atoms. The van der Waals surface area contributed by atoms with Gasteiger partial charge in [-0.15, -0.1) is 0 Å². The van der Waals surface area contributed by atoms with Gasteiger partial charge in [0.15, 0.2) is 6.10 Å². The molecule has 0 unspecified atom stereocenters. The normalized spacial score (nSPS) is 11.9. The Labute approximate surface area is 162 Å². The predicted molar refractivity (Wildman–Crippen MR) is 109 cm³/mol. The number of carbonyl (C=O) groups excluding carboxylic acids is 2. The average molecular weight is 377 g/mol. The molecule has 1 aromatic heterocycles. The maximum atomic E-state index is 12.5. The molecule has 0 bridgehead atoms. The third kappa shape index (κ3) is 5.15. The predicted octanol–water partition coefficient (Wildman–Crippen LogP) is 5.00. The van der Waals surface area contributed by atoms with Crippen LogP contribution in [-0.4, -0.2) is 18.0 Å². The lowest BCUT2D eigenvalue weighted by molar-refractivity contribution is -0.148. The number of nitrogens with one attached hydrogen (secondary N) is 1. The Morgan fingerprint density at radius 3 is 2.52 bits per heavy atom. The van der Waals surface area contributed by atoms with Crippen molar-refractivity contribution in [1.29, 1.82) is 0 Å². The van der Waals surface area contributed by atoms with Crippen molar-refractivity contribution in [3.8, 4) is 11.1 Å². The summed E-state index contributed by atoms with van der Waals surface area (Å²) >= 11 is 1.54. The fourth-order valence-corrected chi connectivity index (χ4v) is 3.13. The van der Waals surface area contributed by atoms with Crippen molar-refractivity contribution >= 4 is 35.0 Å². The van der Waals surface area contributed by atoms with Crippen molar-refractivity contribution in [3.63, 3.8) is 0 Å². The van der Waals surface area contributed by atoms with Crippen LogP contribution in [0.5, 0.6) is 0 Å². The average Bonchev–Trinajstić information content (AvgIpc) is 3.21. The number of hydrogen-bond donors (Lipinski definition) is 1. The van der Waals surface area contributed by atoms with Crippen LogP contribution in [-0.2, 0) is 14.3 Å². The molecular weight excluding hydrogens is 358 g/mol. The highest BCUT2D eigenvalue weighted by Crippen LogP contribution is 2.27. The van der Waals surface area contributed by atoms with Gasteiger partial charge in [0.2, 0.25) is 0 Å². The summed E-state index contributed by atoms with van der Waals surface area (Å²) in [5.74, 6) is -0.934. The Morgan fingerprint density at radius 1 is 1.04 bits per heavy atom. The van der Waals surface area contributed by atoms with Gasteiger partial charge in [-0.1, -0.05) is 48.5 Å². The maximum Gasteiger partial charge on any atom is 0.331 e. The molecule has 0 fully saturated rings. The van der Waals surface area contributed by atoms with Crippen molar-refractivity contribution < 1.29 is 14.3 Å². The van der Waals surface area contributed by atoms with Crippen molar-refractivity contribution in [2.45, 2.75) is 13.0 Å². The number of esters is 1. The number of carbonyl (C=O) groups is 2. The van der Waals surface area contributed by atoms with Crippen LogP contribution in [0.2, 0.25) is 0 Å². The molecule has 5 heteroatoms. The van der Waals surface area contributed by atoms with E-state index in [1.165, 1.54) is 6.08 Å². The summed E-state index contributed by atoms with van der Waals surface area (Å²) in [6, 6.07) is 19.2. The summed E-state index contributed by atoms with van der Waals surface area (Å²) < 4.78 is 5.19. The van der Waals surface area contributed by atoms with Gasteiger partial charge in [0.1, 0.15) is 0 Å². The number of benzene rings is 2. The smallest absolute Gasteiger partial charge is 0.331 e. The second kappa shape index (κ2) is 8.96. The van der Waals surface area contributed by atoms with E-state index in [1.807, 2.05) is 71.4 Å². The van der Waals surface area contributed by atoms with Gasteiger partial charge in [-0.25, -0.2) is 4.79 Å². The first-order chi connectivity index (χ1) is 13.1. The third-order valence-corrected chi connectivity index (χ3v) is 4.59. The number of rotatable bonds is 6. The number of hydrogen-bond acceptors (Lipinski definition) is 4. The van der Waals surface area contributed by atoms with Crippen molar-refractivity contribution in [3.05, 3.63) is 83.1 Å². The first kappa shape index (κ1) is 18.6. The fourth-order valence-electron chi connectivity index (χ4n) is 2.50. The van der Waals surface area contributed by atoms with Gasteiger partial charge in [-0.05, 0) is 47.0 Å². The summed E-state index contributed by atoms with van der Waals surface area (Å²) in [6.45, 7) is 1.55. The molecule has 0 saturated carbocycles. The molecule has 2 aromatic carbocycles. The van der Waals surface area contributed by atoms with Crippen LogP contribution in [0.15, 0.2) is 77.5 Å². The molecule has 4 nitrogen and oxygen atoms in total. The van der Waals surface area contributed by atoms with Crippen molar-refractivity contribution in [2.24, 2.45) is 0 Å². The molecule has 1 amide bonds. The van der Waals surface area contributed by atoms with Crippen LogP contribution < -0.4 is 5.32 Å². The molecule has 0 aliphatic heterocycles. The highest BCUT2D eigenvalue weighted by Gasteiger charge is 2.18. The summed E-state index contributed by atoms with van der Waals surface area (Å²) in [7, 11) is 0. The molecule has 3 rings (SSSR count). The Balaban J connectivity index is 1.64. The molecule has 0 aliphatic carbocycles. The zero-order chi connectivity index (χ0) is 19.1. The largest absolute Gasteiger partial charge is 0.449 e. The second-order valence-corrected chi connectivity index (χ2v) is 6.65. The molecule has 1 heterocycles. The van der Waals surface area contributed by atoms with E-state index in [1.54, 1.807) is 24.3 Å². The van der Waals surface area contributed by atoms with Gasteiger partial charge in [0, 0.05) is 17.3 Å². The first-order valence-electron chi connectivity index (χ1n) is 8.49. The summed E-state index contributed by atoms with van der Waals surface area (Å²) in [4.78, 5) is 24.4. The van der Waals surface area contributed by atoms with E-state index in [0.29, 0.717) is 5.69 Å². The Morgan fingerprint density at radius 2 is 1.78 bits per heavy atom. The monoisotopic (exact) mass is 377 g/mol. The number of thiophene rings is 1. The van der Waals surface area contributed by atoms with E-state index in [2.05, 4.69) is 5.32 Å². The molecule has 0 radical (unpaired) electrons. The summed E-state index contributed by atoms with van der Waals surface area (Å²) in [5, 5.41) is 6.68. The highest BCUT2D eigenvalue weighted by atomic mass is 32.1. The van der Waals surface area contributed by atoms with E-state index < -0.39 is 12.1 Å². The Hall–Kier alpha value is -3.18. The minimum absolute atomic E-state index is 0.379. The minimum Gasteiger partial charge on any atom is -0.449 e. The van der Waals surface area contributed by atoms with E-state index in [9.17, 15) is 9.59 Å². The van der Waals surface area contributed by atoms with E-state index in [4.69, 9.17) is 4.74 Å². The Kier molecular flexibility index (Phi) is 6.18. The summed E-state index contributed by atoms with van der Waals surface area (Å²) in [5.41, 5.74) is 3.50. The molecule has 0 spiro atoms. The molecule has 1 N–H and O–H groups in total. The van der Waals surface area contributed by atoms with Gasteiger partial charge >= 0.3 is 5.97 Å². The van der Waals surface area contributed by atoms with E-state index in [-0.39, 0.29) is 5.91 Å². The highest BCUT2D eigenvalue weighted by molar-refractivity contribution is 7.08. The number of anilines is 1.